The van der Waals surface area contributed by atoms with Gasteiger partial charge in [0.2, 0.25) is 5.28 Å². The molecule has 0 spiro atoms. The van der Waals surface area contributed by atoms with E-state index < -0.39 is 0 Å². The van der Waals surface area contributed by atoms with E-state index in [1.807, 2.05) is 0 Å². The molecule has 0 radical (unpaired) electrons. The van der Waals surface area contributed by atoms with Crippen molar-refractivity contribution in [3.8, 4) is 0 Å². The Morgan fingerprint density at radius 1 is 1.31 bits per heavy atom. The van der Waals surface area contributed by atoms with Crippen LogP contribution in [0.1, 0.15) is 11.3 Å². The highest BCUT2D eigenvalue weighted by Gasteiger charge is 2.25. The third-order valence-corrected chi connectivity index (χ3v) is 2.73. The van der Waals surface area contributed by atoms with Gasteiger partial charge in [-0.3, -0.25) is 0 Å². The lowest BCUT2D eigenvalue weighted by Crippen LogP contribution is -2.04. The number of aliphatic hydroxyl groups excluding tert-OH is 1. The van der Waals surface area contributed by atoms with Crippen LogP contribution in [-0.4, -0.2) is 21.7 Å². The fraction of sp³-hybridized carbons (Fsp3) is 0.500. The van der Waals surface area contributed by atoms with E-state index in [2.05, 4.69) is 9.97 Å². The Labute approximate surface area is 85.7 Å². The molecule has 0 bridgehead atoms. The van der Waals surface area contributed by atoms with Crippen LogP contribution >= 0.6 is 23.2 Å². The number of rotatable bonds is 1. The normalized spacial score (nSPS) is 20.4. The SMILES string of the molecule is OCC1Cc2nc(Cl)nc(Cl)c2C1. The first-order chi connectivity index (χ1) is 6.20. The summed E-state index contributed by atoms with van der Waals surface area (Å²) in [5.41, 5.74) is 1.81. The summed E-state index contributed by atoms with van der Waals surface area (Å²) >= 11 is 11.5. The lowest BCUT2D eigenvalue weighted by molar-refractivity contribution is 0.232. The minimum absolute atomic E-state index is 0.157. The number of hydrogen-bond acceptors (Lipinski definition) is 3. The molecule has 2 rings (SSSR count). The maximum atomic E-state index is 8.97. The van der Waals surface area contributed by atoms with Crippen molar-refractivity contribution in [2.45, 2.75) is 12.8 Å². The van der Waals surface area contributed by atoms with Crippen LogP contribution in [0.5, 0.6) is 0 Å². The lowest BCUT2D eigenvalue weighted by atomic mass is 10.1. The first kappa shape index (κ1) is 9.19. The number of aliphatic hydroxyl groups is 1. The highest BCUT2D eigenvalue weighted by Crippen LogP contribution is 2.30. The van der Waals surface area contributed by atoms with Crippen LogP contribution in [0.2, 0.25) is 10.4 Å². The van der Waals surface area contributed by atoms with Gasteiger partial charge in [0.05, 0.1) is 5.69 Å². The van der Waals surface area contributed by atoms with Gasteiger partial charge >= 0.3 is 0 Å². The number of fused-ring (bicyclic) bond motifs is 1. The van der Waals surface area contributed by atoms with E-state index in [0.717, 1.165) is 24.1 Å². The maximum Gasteiger partial charge on any atom is 0.224 e. The predicted molar refractivity (Wildman–Crippen MR) is 50.0 cm³/mol. The molecule has 1 heterocycles. The van der Waals surface area contributed by atoms with Gasteiger partial charge in [0.25, 0.3) is 0 Å². The van der Waals surface area contributed by atoms with Crippen LogP contribution in [0.3, 0.4) is 0 Å². The molecule has 1 aromatic rings. The largest absolute Gasteiger partial charge is 0.396 e. The number of aromatic nitrogens is 2. The zero-order valence-corrected chi connectivity index (χ0v) is 8.31. The van der Waals surface area contributed by atoms with Gasteiger partial charge < -0.3 is 5.11 Å². The van der Waals surface area contributed by atoms with Crippen molar-refractivity contribution in [3.05, 3.63) is 21.7 Å². The van der Waals surface area contributed by atoms with E-state index in [9.17, 15) is 0 Å². The Kier molecular flexibility index (Phi) is 2.41. The molecule has 13 heavy (non-hydrogen) atoms. The van der Waals surface area contributed by atoms with E-state index in [1.165, 1.54) is 0 Å². The summed E-state index contributed by atoms with van der Waals surface area (Å²) in [6.45, 7) is 0.157. The van der Waals surface area contributed by atoms with Gasteiger partial charge in [-0.2, -0.15) is 0 Å². The molecule has 1 unspecified atom stereocenters. The number of halogens is 2. The monoisotopic (exact) mass is 218 g/mol. The molecule has 1 N–H and O–H groups in total. The summed E-state index contributed by atoms with van der Waals surface area (Å²) in [5.74, 6) is 0.222. The average Bonchev–Trinajstić information content (AvgIpc) is 2.47. The third kappa shape index (κ3) is 1.64. The van der Waals surface area contributed by atoms with E-state index in [0.29, 0.717) is 5.15 Å². The van der Waals surface area contributed by atoms with Crippen molar-refractivity contribution < 1.29 is 5.11 Å². The van der Waals surface area contributed by atoms with E-state index in [1.54, 1.807) is 0 Å². The molecule has 0 saturated carbocycles. The molecular formula is C8H8Cl2N2O. The predicted octanol–water partition coefficient (Wildman–Crippen LogP) is 1.49. The van der Waals surface area contributed by atoms with Crippen molar-refractivity contribution in [3.63, 3.8) is 0 Å². The molecule has 0 amide bonds. The first-order valence-electron chi connectivity index (χ1n) is 4.02. The standard InChI is InChI=1S/C8H8Cl2N2O/c9-7-5-1-4(3-13)2-6(5)11-8(10)12-7/h4,13H,1-3H2. The zero-order chi connectivity index (χ0) is 9.42. The van der Waals surface area contributed by atoms with E-state index in [4.69, 9.17) is 28.3 Å². The second-order valence-electron chi connectivity index (χ2n) is 3.17. The third-order valence-electron chi connectivity index (χ3n) is 2.25. The Hall–Kier alpha value is -0.380. The fourth-order valence-corrected chi connectivity index (χ4v) is 2.10. The van der Waals surface area contributed by atoms with Crippen molar-refractivity contribution in [2.75, 3.05) is 6.61 Å². The summed E-state index contributed by atoms with van der Waals surface area (Å²) in [6.07, 6.45) is 1.50. The van der Waals surface area contributed by atoms with Crippen molar-refractivity contribution in [2.24, 2.45) is 5.92 Å². The molecule has 1 aliphatic rings. The molecule has 0 aliphatic heterocycles. The number of nitrogens with zero attached hydrogens (tertiary/aromatic N) is 2. The van der Waals surface area contributed by atoms with Crippen LogP contribution in [0, 0.1) is 5.92 Å². The van der Waals surface area contributed by atoms with Crippen LogP contribution in [0.25, 0.3) is 0 Å². The Morgan fingerprint density at radius 3 is 2.77 bits per heavy atom. The van der Waals surface area contributed by atoms with E-state index >= 15 is 0 Å². The summed E-state index contributed by atoms with van der Waals surface area (Å²) < 4.78 is 0. The van der Waals surface area contributed by atoms with Crippen LogP contribution in [0.4, 0.5) is 0 Å². The molecule has 1 atom stereocenters. The summed E-state index contributed by atoms with van der Waals surface area (Å²) in [6, 6.07) is 0. The first-order valence-corrected chi connectivity index (χ1v) is 4.78. The molecule has 0 fully saturated rings. The zero-order valence-electron chi connectivity index (χ0n) is 6.80. The molecule has 0 aromatic carbocycles. The molecule has 1 aliphatic carbocycles. The molecule has 5 heteroatoms. The van der Waals surface area contributed by atoms with Crippen LogP contribution in [-0.2, 0) is 12.8 Å². The van der Waals surface area contributed by atoms with Crippen molar-refractivity contribution in [1.29, 1.82) is 0 Å². The molecule has 70 valence electrons. The van der Waals surface area contributed by atoms with Gasteiger partial charge in [0.1, 0.15) is 5.15 Å². The summed E-state index contributed by atoms with van der Waals surface area (Å²) in [5, 5.41) is 9.58. The topological polar surface area (TPSA) is 46.0 Å². The Bertz CT molecular complexity index is 343. The summed E-state index contributed by atoms with van der Waals surface area (Å²) in [7, 11) is 0. The molecular weight excluding hydrogens is 211 g/mol. The van der Waals surface area contributed by atoms with Crippen LogP contribution in [0.15, 0.2) is 0 Å². The van der Waals surface area contributed by atoms with Gasteiger partial charge in [-0.25, -0.2) is 9.97 Å². The minimum Gasteiger partial charge on any atom is -0.396 e. The highest BCUT2D eigenvalue weighted by molar-refractivity contribution is 6.32. The average molecular weight is 219 g/mol. The van der Waals surface area contributed by atoms with Gasteiger partial charge in [-0.05, 0) is 30.4 Å². The quantitative estimate of drug-likeness (QED) is 0.574. The van der Waals surface area contributed by atoms with E-state index in [-0.39, 0.29) is 17.8 Å². The van der Waals surface area contributed by atoms with Crippen molar-refractivity contribution >= 4 is 23.2 Å². The fourth-order valence-electron chi connectivity index (χ4n) is 1.61. The van der Waals surface area contributed by atoms with Crippen LogP contribution < -0.4 is 0 Å². The second kappa shape index (κ2) is 3.40. The van der Waals surface area contributed by atoms with Gasteiger partial charge in [0, 0.05) is 12.2 Å². The highest BCUT2D eigenvalue weighted by atomic mass is 35.5. The van der Waals surface area contributed by atoms with Gasteiger partial charge in [-0.1, -0.05) is 11.6 Å². The molecule has 0 saturated heterocycles. The van der Waals surface area contributed by atoms with Crippen molar-refractivity contribution in [1.82, 2.24) is 9.97 Å². The lowest BCUT2D eigenvalue weighted by Gasteiger charge is -2.00. The Balaban J connectivity index is 2.40. The van der Waals surface area contributed by atoms with Gasteiger partial charge in [-0.15, -0.1) is 0 Å². The number of hydrogen-bond donors (Lipinski definition) is 1. The maximum absolute atomic E-state index is 8.97. The Morgan fingerprint density at radius 2 is 2.08 bits per heavy atom. The minimum atomic E-state index is 0.157. The smallest absolute Gasteiger partial charge is 0.224 e. The summed E-state index contributed by atoms with van der Waals surface area (Å²) in [4.78, 5) is 7.92. The second-order valence-corrected chi connectivity index (χ2v) is 3.86. The van der Waals surface area contributed by atoms with Gasteiger partial charge in [0.15, 0.2) is 0 Å². The molecule has 1 aromatic heterocycles. The molecule has 3 nitrogen and oxygen atoms in total.